The zero-order valence-electron chi connectivity index (χ0n) is 39.6. The van der Waals surface area contributed by atoms with Crippen LogP contribution in [0.3, 0.4) is 0 Å². The maximum atomic E-state index is 5.15. The molecular formula is C66H49N5. The van der Waals surface area contributed by atoms with Gasteiger partial charge in [-0.15, -0.1) is 0 Å². The summed E-state index contributed by atoms with van der Waals surface area (Å²) in [4.78, 5) is 14.9. The first-order chi connectivity index (χ1) is 35.0. The van der Waals surface area contributed by atoms with Gasteiger partial charge >= 0.3 is 0 Å². The largest absolute Gasteiger partial charge is 0.310 e. The van der Waals surface area contributed by atoms with Crippen molar-refractivity contribution in [2.24, 2.45) is 0 Å². The van der Waals surface area contributed by atoms with E-state index in [1.807, 2.05) is 24.3 Å². The summed E-state index contributed by atoms with van der Waals surface area (Å²) in [6.45, 7) is 4.42. The number of aromatic nitrogens is 3. The Morgan fingerprint density at radius 1 is 0.310 bits per heavy atom. The molecule has 0 bridgehead atoms. The van der Waals surface area contributed by atoms with E-state index in [4.69, 9.17) is 9.97 Å². The molecule has 0 saturated carbocycles. The van der Waals surface area contributed by atoms with Crippen molar-refractivity contribution in [3.8, 4) is 50.7 Å². The second-order valence-corrected chi connectivity index (χ2v) is 18.0. The molecule has 71 heavy (non-hydrogen) atoms. The van der Waals surface area contributed by atoms with Gasteiger partial charge in [0, 0.05) is 67.3 Å². The summed E-state index contributed by atoms with van der Waals surface area (Å²) in [5.74, 6) is 0.712. The minimum Gasteiger partial charge on any atom is -0.310 e. The lowest BCUT2D eigenvalue weighted by Gasteiger charge is -2.26. The monoisotopic (exact) mass is 911 g/mol. The summed E-state index contributed by atoms with van der Waals surface area (Å²) >= 11 is 0. The van der Waals surface area contributed by atoms with Gasteiger partial charge in [-0.25, -0.2) is 9.97 Å². The summed E-state index contributed by atoms with van der Waals surface area (Å²) in [7, 11) is 0. The number of rotatable bonds is 11. The van der Waals surface area contributed by atoms with Crippen LogP contribution in [-0.2, 0) is 0 Å². The van der Waals surface area contributed by atoms with Crippen LogP contribution in [0.25, 0.3) is 72.5 Å². The lowest BCUT2D eigenvalue weighted by Crippen LogP contribution is -2.09. The van der Waals surface area contributed by atoms with Gasteiger partial charge in [0.25, 0.3) is 0 Å². The molecule has 0 atom stereocenters. The molecule has 5 heteroatoms. The Bertz CT molecular complexity index is 3500. The van der Waals surface area contributed by atoms with Gasteiger partial charge in [-0.2, -0.15) is 0 Å². The molecule has 0 unspecified atom stereocenters. The topological polar surface area (TPSA) is 37.2 Å². The van der Waals surface area contributed by atoms with E-state index in [-0.39, 0.29) is 0 Å². The number of aryl methyl sites for hydroxylation is 2. The number of benzene rings is 10. The average Bonchev–Trinajstić information content (AvgIpc) is 3.75. The molecule has 10 aromatic carbocycles. The second kappa shape index (κ2) is 18.6. The van der Waals surface area contributed by atoms with Crippen LogP contribution >= 0.6 is 0 Å². The molecule has 0 spiro atoms. The van der Waals surface area contributed by atoms with E-state index in [0.29, 0.717) is 5.82 Å². The maximum Gasteiger partial charge on any atom is 0.160 e. The van der Waals surface area contributed by atoms with Crippen molar-refractivity contribution in [3.05, 3.63) is 272 Å². The predicted molar refractivity (Wildman–Crippen MR) is 297 cm³/mol. The van der Waals surface area contributed by atoms with E-state index in [0.717, 1.165) is 78.9 Å². The normalized spacial score (nSPS) is 11.2. The van der Waals surface area contributed by atoms with Crippen LogP contribution in [0.5, 0.6) is 0 Å². The highest BCUT2D eigenvalue weighted by molar-refractivity contribution is 6.12. The molecule has 5 nitrogen and oxygen atoms in total. The molecule has 0 N–H and O–H groups in total. The van der Waals surface area contributed by atoms with Gasteiger partial charge in [0.05, 0.1) is 22.4 Å². The zero-order chi connectivity index (χ0) is 47.7. The number of hydrogen-bond donors (Lipinski definition) is 0. The van der Waals surface area contributed by atoms with E-state index in [2.05, 4.69) is 265 Å². The molecule has 2 heterocycles. The van der Waals surface area contributed by atoms with Crippen LogP contribution in [-0.4, -0.2) is 14.5 Å². The van der Waals surface area contributed by atoms with E-state index < -0.39 is 0 Å². The summed E-state index contributed by atoms with van der Waals surface area (Å²) in [6, 6.07) is 92.7. The summed E-state index contributed by atoms with van der Waals surface area (Å²) in [6.07, 6.45) is 0. The standard InChI is InChI=1S/C66H49N5/c1-46-41-51(62-45-61(48-21-9-3-10-22-48)67-66(68-62)50-23-11-4-12-24-50)42-47(2)65(46)49-33-35-56(36-34-49)71-63-39-37-57(69(52-25-13-5-14-26-52)53-27-15-6-16-28-53)43-59(63)60-44-58(38-40-64(60)71)70(54-29-17-7-18-30-54)55-31-19-8-20-32-55/h3-45H,1-2H3. The van der Waals surface area contributed by atoms with Gasteiger partial charge in [0.15, 0.2) is 5.82 Å². The zero-order valence-corrected chi connectivity index (χ0v) is 39.6. The molecule has 0 radical (unpaired) electrons. The van der Waals surface area contributed by atoms with Crippen molar-refractivity contribution in [1.82, 2.24) is 14.5 Å². The van der Waals surface area contributed by atoms with Crippen molar-refractivity contribution < 1.29 is 0 Å². The van der Waals surface area contributed by atoms with E-state index >= 15 is 0 Å². The molecular weight excluding hydrogens is 863 g/mol. The van der Waals surface area contributed by atoms with Crippen LogP contribution < -0.4 is 9.80 Å². The summed E-state index contributed by atoms with van der Waals surface area (Å²) in [5.41, 5.74) is 19.6. The van der Waals surface area contributed by atoms with Gasteiger partial charge in [0.1, 0.15) is 0 Å². The molecule has 0 aliphatic rings. The van der Waals surface area contributed by atoms with Crippen LogP contribution in [0, 0.1) is 13.8 Å². The van der Waals surface area contributed by atoms with E-state index in [1.165, 1.54) is 33.0 Å². The number of fused-ring (bicyclic) bond motifs is 3. The first-order valence-corrected chi connectivity index (χ1v) is 24.2. The summed E-state index contributed by atoms with van der Waals surface area (Å²) in [5, 5.41) is 2.33. The van der Waals surface area contributed by atoms with Crippen molar-refractivity contribution >= 4 is 55.9 Å². The van der Waals surface area contributed by atoms with E-state index in [9.17, 15) is 0 Å². The molecule has 12 aromatic rings. The molecule has 0 fully saturated rings. The predicted octanol–water partition coefficient (Wildman–Crippen LogP) is 17.8. The van der Waals surface area contributed by atoms with Gasteiger partial charge in [-0.05, 0) is 151 Å². The first kappa shape index (κ1) is 43.0. The molecule has 0 aliphatic carbocycles. The van der Waals surface area contributed by atoms with Gasteiger partial charge in [0.2, 0.25) is 0 Å². The fourth-order valence-electron chi connectivity index (χ4n) is 10.2. The number of nitrogens with zero attached hydrogens (tertiary/aromatic N) is 5. The fraction of sp³-hybridized carbons (Fsp3) is 0.0303. The minimum absolute atomic E-state index is 0.712. The molecule has 2 aromatic heterocycles. The second-order valence-electron chi connectivity index (χ2n) is 18.0. The Balaban J connectivity index is 0.977. The van der Waals surface area contributed by atoms with Crippen molar-refractivity contribution in [1.29, 1.82) is 0 Å². The van der Waals surface area contributed by atoms with Crippen LogP contribution in [0.1, 0.15) is 11.1 Å². The fourth-order valence-corrected chi connectivity index (χ4v) is 10.2. The number of hydrogen-bond acceptors (Lipinski definition) is 4. The Labute approximate surface area is 414 Å². The third kappa shape index (κ3) is 8.30. The lowest BCUT2D eigenvalue weighted by atomic mass is 9.92. The smallest absolute Gasteiger partial charge is 0.160 e. The maximum absolute atomic E-state index is 5.15. The van der Waals surface area contributed by atoms with Gasteiger partial charge < -0.3 is 14.4 Å². The molecule has 0 amide bonds. The van der Waals surface area contributed by atoms with Crippen LogP contribution in [0.15, 0.2) is 261 Å². The average molecular weight is 912 g/mol. The highest BCUT2D eigenvalue weighted by Crippen LogP contribution is 2.43. The van der Waals surface area contributed by atoms with Crippen LogP contribution in [0.2, 0.25) is 0 Å². The van der Waals surface area contributed by atoms with Gasteiger partial charge in [-0.1, -0.05) is 146 Å². The Morgan fingerprint density at radius 3 is 1.11 bits per heavy atom. The first-order valence-electron chi connectivity index (χ1n) is 24.2. The third-order valence-electron chi connectivity index (χ3n) is 13.4. The highest BCUT2D eigenvalue weighted by atomic mass is 15.1. The molecule has 12 rings (SSSR count). The molecule has 0 saturated heterocycles. The minimum atomic E-state index is 0.712. The van der Waals surface area contributed by atoms with E-state index in [1.54, 1.807) is 0 Å². The molecule has 338 valence electrons. The molecule has 0 aliphatic heterocycles. The Morgan fingerprint density at radius 2 is 0.690 bits per heavy atom. The number of para-hydroxylation sites is 4. The van der Waals surface area contributed by atoms with Crippen molar-refractivity contribution in [2.75, 3.05) is 9.80 Å². The summed E-state index contributed by atoms with van der Waals surface area (Å²) < 4.78 is 2.42. The van der Waals surface area contributed by atoms with Crippen molar-refractivity contribution in [3.63, 3.8) is 0 Å². The van der Waals surface area contributed by atoms with Gasteiger partial charge in [-0.3, -0.25) is 0 Å². The Hall–Kier alpha value is -9.32. The quantitative estimate of drug-likeness (QED) is 0.130. The highest BCUT2D eigenvalue weighted by Gasteiger charge is 2.21. The SMILES string of the molecule is Cc1cc(-c2cc(-c3ccccc3)nc(-c3ccccc3)n2)cc(C)c1-c1ccc(-n2c3ccc(N(c4ccccc4)c4ccccc4)cc3c3cc(N(c4ccccc4)c4ccccc4)ccc32)cc1. The lowest BCUT2D eigenvalue weighted by molar-refractivity contribution is 1.18. The van der Waals surface area contributed by atoms with Crippen LogP contribution in [0.4, 0.5) is 34.1 Å². The number of anilines is 6. The van der Waals surface area contributed by atoms with Crippen molar-refractivity contribution in [2.45, 2.75) is 13.8 Å². The third-order valence-corrected chi connectivity index (χ3v) is 13.4. The Kier molecular flexibility index (Phi) is 11.3.